The molecule has 0 bridgehead atoms. The molecule has 1 aromatic heterocycles. The fourth-order valence-electron chi connectivity index (χ4n) is 0.851. The van der Waals surface area contributed by atoms with E-state index in [0.717, 1.165) is 11.0 Å². The minimum atomic E-state index is 0.656. The van der Waals surface area contributed by atoms with Crippen molar-refractivity contribution in [3.63, 3.8) is 0 Å². The first-order valence-electron chi connectivity index (χ1n) is 2.88. The molecule has 10 heavy (non-hydrogen) atoms. The van der Waals surface area contributed by atoms with Crippen LogP contribution in [0.25, 0.3) is 0 Å². The molecular weight excluding hydrogens is 196 g/mol. The van der Waals surface area contributed by atoms with Crippen LogP contribution in [0.3, 0.4) is 0 Å². The smallest absolute Gasteiger partial charge is 0.301 e. The molecule has 0 aromatic carbocycles. The fraction of sp³-hybridized carbons (Fsp3) is 0.167. The van der Waals surface area contributed by atoms with Gasteiger partial charge in [0.2, 0.25) is 0 Å². The standard InChI is InChI=1S/C6H5BrN2O/c7-5-3-9-2-1-8-6(9)10-4-5/h1-2,4H,3H2. The lowest BCUT2D eigenvalue weighted by molar-refractivity contribution is 0.394. The van der Waals surface area contributed by atoms with Gasteiger partial charge < -0.3 is 4.74 Å². The molecule has 2 rings (SSSR count). The molecule has 2 heterocycles. The van der Waals surface area contributed by atoms with Gasteiger partial charge in [0.05, 0.1) is 11.0 Å². The SMILES string of the molecule is BrC1=COc2nccn2C1. The van der Waals surface area contributed by atoms with Crippen molar-refractivity contribution in [3.8, 4) is 6.01 Å². The van der Waals surface area contributed by atoms with Gasteiger partial charge in [0.15, 0.2) is 0 Å². The van der Waals surface area contributed by atoms with E-state index in [0.29, 0.717) is 6.01 Å². The normalized spacial score (nSPS) is 15.5. The first-order valence-corrected chi connectivity index (χ1v) is 3.68. The average Bonchev–Trinajstić information content (AvgIpc) is 2.33. The van der Waals surface area contributed by atoms with E-state index < -0.39 is 0 Å². The van der Waals surface area contributed by atoms with Crippen molar-refractivity contribution in [2.75, 3.05) is 0 Å². The van der Waals surface area contributed by atoms with Gasteiger partial charge >= 0.3 is 6.01 Å². The van der Waals surface area contributed by atoms with Gasteiger partial charge in [0, 0.05) is 12.4 Å². The molecule has 1 aromatic rings. The molecule has 52 valence electrons. The number of allylic oxidation sites excluding steroid dienone is 1. The van der Waals surface area contributed by atoms with E-state index in [-0.39, 0.29) is 0 Å². The zero-order valence-electron chi connectivity index (χ0n) is 5.12. The minimum absolute atomic E-state index is 0.656. The molecule has 1 aliphatic rings. The van der Waals surface area contributed by atoms with Crippen molar-refractivity contribution in [1.29, 1.82) is 0 Å². The highest BCUT2D eigenvalue weighted by Crippen LogP contribution is 2.19. The van der Waals surface area contributed by atoms with Crippen molar-refractivity contribution < 1.29 is 4.74 Å². The zero-order chi connectivity index (χ0) is 6.97. The lowest BCUT2D eigenvalue weighted by Crippen LogP contribution is -2.05. The summed E-state index contributed by atoms with van der Waals surface area (Å²) in [6.07, 6.45) is 5.25. The topological polar surface area (TPSA) is 27.1 Å². The molecule has 0 amide bonds. The highest BCUT2D eigenvalue weighted by molar-refractivity contribution is 9.11. The van der Waals surface area contributed by atoms with Crippen LogP contribution in [-0.4, -0.2) is 9.55 Å². The van der Waals surface area contributed by atoms with Crippen LogP contribution in [0.4, 0.5) is 0 Å². The number of nitrogens with zero attached hydrogens (tertiary/aromatic N) is 2. The molecule has 0 unspecified atom stereocenters. The summed E-state index contributed by atoms with van der Waals surface area (Å²) in [5.74, 6) is 0. The molecule has 0 spiro atoms. The Hall–Kier alpha value is -0.770. The Balaban J connectivity index is 2.39. The van der Waals surface area contributed by atoms with Crippen molar-refractivity contribution in [1.82, 2.24) is 9.55 Å². The van der Waals surface area contributed by atoms with E-state index in [1.54, 1.807) is 12.5 Å². The van der Waals surface area contributed by atoms with E-state index >= 15 is 0 Å². The van der Waals surface area contributed by atoms with Crippen LogP contribution >= 0.6 is 15.9 Å². The number of hydrogen-bond acceptors (Lipinski definition) is 2. The maximum absolute atomic E-state index is 5.12. The van der Waals surface area contributed by atoms with Crippen molar-refractivity contribution >= 4 is 15.9 Å². The summed E-state index contributed by atoms with van der Waals surface area (Å²) in [6, 6.07) is 0.656. The summed E-state index contributed by atoms with van der Waals surface area (Å²) in [5, 5.41) is 0. The number of aromatic nitrogens is 2. The van der Waals surface area contributed by atoms with Crippen LogP contribution in [0, 0.1) is 0 Å². The molecule has 0 fully saturated rings. The minimum Gasteiger partial charge on any atom is -0.433 e. The zero-order valence-corrected chi connectivity index (χ0v) is 6.71. The fourth-order valence-corrected chi connectivity index (χ4v) is 1.21. The summed E-state index contributed by atoms with van der Waals surface area (Å²) < 4.78 is 8.07. The predicted molar refractivity (Wildman–Crippen MR) is 39.9 cm³/mol. The Morgan fingerprint density at radius 3 is 3.50 bits per heavy atom. The molecule has 1 aliphatic heterocycles. The highest BCUT2D eigenvalue weighted by Gasteiger charge is 2.08. The summed E-state index contributed by atoms with van der Waals surface area (Å²) >= 11 is 3.33. The van der Waals surface area contributed by atoms with Gasteiger partial charge in [-0.15, -0.1) is 0 Å². The Kier molecular flexibility index (Phi) is 1.27. The van der Waals surface area contributed by atoms with Crippen LogP contribution in [-0.2, 0) is 6.54 Å². The Morgan fingerprint density at radius 2 is 2.60 bits per heavy atom. The number of imidazole rings is 1. The van der Waals surface area contributed by atoms with Crippen LogP contribution < -0.4 is 4.74 Å². The Morgan fingerprint density at radius 1 is 1.70 bits per heavy atom. The number of hydrogen-bond donors (Lipinski definition) is 0. The van der Waals surface area contributed by atoms with E-state index in [1.165, 1.54) is 0 Å². The summed E-state index contributed by atoms with van der Waals surface area (Å²) in [6.45, 7) is 0.815. The van der Waals surface area contributed by atoms with Gasteiger partial charge in [-0.1, -0.05) is 15.9 Å². The van der Waals surface area contributed by atoms with Crippen LogP contribution in [0.5, 0.6) is 6.01 Å². The third kappa shape index (κ3) is 0.844. The molecule has 3 nitrogen and oxygen atoms in total. The molecule has 0 radical (unpaired) electrons. The second kappa shape index (κ2) is 2.12. The van der Waals surface area contributed by atoms with Crippen LogP contribution in [0.2, 0.25) is 0 Å². The lowest BCUT2D eigenvalue weighted by atomic mass is 10.5. The Labute approximate surface area is 66.5 Å². The largest absolute Gasteiger partial charge is 0.433 e. The predicted octanol–water partition coefficient (Wildman–Crippen LogP) is 1.51. The van der Waals surface area contributed by atoms with Gasteiger partial charge in [-0.2, -0.15) is 0 Å². The molecule has 0 saturated carbocycles. The maximum atomic E-state index is 5.12. The maximum Gasteiger partial charge on any atom is 0.301 e. The summed E-state index contributed by atoms with van der Waals surface area (Å²) in [7, 11) is 0. The number of rotatable bonds is 0. The van der Waals surface area contributed by atoms with Gasteiger partial charge in [-0.25, -0.2) is 4.98 Å². The first-order chi connectivity index (χ1) is 4.86. The molecular formula is C6H5BrN2O. The van der Waals surface area contributed by atoms with Crippen molar-refractivity contribution in [2.24, 2.45) is 0 Å². The monoisotopic (exact) mass is 200 g/mol. The van der Waals surface area contributed by atoms with E-state index in [9.17, 15) is 0 Å². The third-order valence-corrected chi connectivity index (χ3v) is 1.73. The van der Waals surface area contributed by atoms with Gasteiger partial charge in [-0.05, 0) is 0 Å². The van der Waals surface area contributed by atoms with Gasteiger partial charge in [0.1, 0.15) is 6.26 Å². The molecule has 4 heteroatoms. The van der Waals surface area contributed by atoms with E-state index in [1.807, 2.05) is 10.8 Å². The van der Waals surface area contributed by atoms with Crippen LogP contribution in [0.15, 0.2) is 23.1 Å². The number of ether oxygens (including phenoxy) is 1. The van der Waals surface area contributed by atoms with Crippen molar-refractivity contribution in [2.45, 2.75) is 6.54 Å². The number of halogens is 1. The van der Waals surface area contributed by atoms with Gasteiger partial charge in [-0.3, -0.25) is 4.57 Å². The highest BCUT2D eigenvalue weighted by atomic mass is 79.9. The third-order valence-electron chi connectivity index (χ3n) is 1.29. The molecule has 0 N–H and O–H groups in total. The summed E-state index contributed by atoms with van der Waals surface area (Å²) in [5.41, 5.74) is 0. The molecule has 0 aliphatic carbocycles. The number of fused-ring (bicyclic) bond motifs is 1. The first kappa shape index (κ1) is 5.97. The Bertz CT molecular complexity index is 279. The summed E-state index contributed by atoms with van der Waals surface area (Å²) in [4.78, 5) is 3.97. The molecule has 0 saturated heterocycles. The molecule has 0 atom stereocenters. The van der Waals surface area contributed by atoms with Gasteiger partial charge in [0.25, 0.3) is 0 Å². The lowest BCUT2D eigenvalue weighted by Gasteiger charge is -2.10. The second-order valence-electron chi connectivity index (χ2n) is 2.02. The average molecular weight is 201 g/mol. The van der Waals surface area contributed by atoms with Crippen molar-refractivity contribution in [3.05, 3.63) is 23.1 Å². The van der Waals surface area contributed by atoms with E-state index in [2.05, 4.69) is 20.9 Å². The van der Waals surface area contributed by atoms with E-state index in [4.69, 9.17) is 4.74 Å². The van der Waals surface area contributed by atoms with Crippen LogP contribution in [0.1, 0.15) is 0 Å². The quantitative estimate of drug-likeness (QED) is 0.636. The second-order valence-corrected chi connectivity index (χ2v) is 3.04.